The van der Waals surface area contributed by atoms with Gasteiger partial charge in [0.25, 0.3) is 0 Å². The van der Waals surface area contributed by atoms with Crippen LogP contribution in [0.5, 0.6) is 0 Å². The average Bonchev–Trinajstić information content (AvgIpc) is 2.28. The number of rotatable bonds is 6. The van der Waals surface area contributed by atoms with Crippen molar-refractivity contribution in [2.45, 2.75) is 40.0 Å². The van der Waals surface area contributed by atoms with E-state index < -0.39 is 5.97 Å². The fourth-order valence-corrected chi connectivity index (χ4v) is 0.556. The monoisotopic (exact) mass is 242 g/mol. The van der Waals surface area contributed by atoms with Crippen molar-refractivity contribution in [3.05, 3.63) is 24.3 Å². The number of carbonyl (C=O) groups is 2. The number of hydrogen-bond acceptors (Lipinski definition) is 3. The molecule has 0 unspecified atom stereocenters. The van der Waals surface area contributed by atoms with Gasteiger partial charge in [-0.1, -0.05) is 33.4 Å². The highest BCUT2D eigenvalue weighted by Gasteiger charge is 2.04. The summed E-state index contributed by atoms with van der Waals surface area (Å²) < 4.78 is 4.90. The van der Waals surface area contributed by atoms with Crippen LogP contribution in [0.25, 0.3) is 0 Å². The molecule has 0 aromatic heterocycles. The second kappa shape index (κ2) is 10.9. The van der Waals surface area contributed by atoms with Crippen LogP contribution in [-0.2, 0) is 14.3 Å². The highest BCUT2D eigenvalue weighted by Crippen LogP contribution is 2.00. The first-order valence-electron chi connectivity index (χ1n) is 5.60. The molecule has 0 saturated carbocycles. The first kappa shape index (κ1) is 17.8. The molecule has 0 aromatic carbocycles. The molecule has 0 aromatic rings. The predicted molar refractivity (Wildman–Crippen MR) is 67.7 cm³/mol. The van der Waals surface area contributed by atoms with Gasteiger partial charge in [0.1, 0.15) is 0 Å². The van der Waals surface area contributed by atoms with Crippen molar-refractivity contribution in [3.8, 4) is 0 Å². The molecule has 98 valence electrons. The molecule has 4 nitrogen and oxygen atoms in total. The number of hydrogen-bond donors (Lipinski definition) is 1. The fourth-order valence-electron chi connectivity index (χ4n) is 0.556. The molecule has 0 aliphatic rings. The number of unbranched alkanes of at least 4 members (excludes halogenated alkanes) is 1. The molecule has 4 heteroatoms. The molecule has 0 fully saturated rings. The quantitative estimate of drug-likeness (QED) is 0.442. The Balaban J connectivity index is 0. The van der Waals surface area contributed by atoms with E-state index in [1.165, 1.54) is 6.92 Å². The van der Waals surface area contributed by atoms with Gasteiger partial charge in [0.05, 0.1) is 6.61 Å². The lowest BCUT2D eigenvalue weighted by molar-refractivity contribution is -0.139. The molecule has 0 atom stereocenters. The first-order valence-corrected chi connectivity index (χ1v) is 5.60. The van der Waals surface area contributed by atoms with E-state index in [0.29, 0.717) is 18.6 Å². The third-order valence-electron chi connectivity index (χ3n) is 1.81. The highest BCUT2D eigenvalue weighted by atomic mass is 16.5. The topological polar surface area (TPSA) is 63.6 Å². The van der Waals surface area contributed by atoms with E-state index >= 15 is 0 Å². The van der Waals surface area contributed by atoms with Gasteiger partial charge in [-0.3, -0.25) is 0 Å². The maximum Gasteiger partial charge on any atom is 0.333 e. The summed E-state index contributed by atoms with van der Waals surface area (Å²) in [5.74, 6) is -1.18. The van der Waals surface area contributed by atoms with Crippen LogP contribution < -0.4 is 0 Å². The summed E-state index contributed by atoms with van der Waals surface area (Å²) in [6.45, 7) is 12.7. The van der Waals surface area contributed by atoms with Crippen molar-refractivity contribution in [2.75, 3.05) is 6.61 Å². The molecule has 0 aliphatic carbocycles. The maximum atomic E-state index is 10.9. The van der Waals surface area contributed by atoms with Gasteiger partial charge in [0.15, 0.2) is 0 Å². The molecule has 17 heavy (non-hydrogen) atoms. The zero-order valence-electron chi connectivity index (χ0n) is 10.9. The third kappa shape index (κ3) is 12.4. The summed E-state index contributed by atoms with van der Waals surface area (Å²) in [6.07, 6.45) is 2.65. The number of esters is 1. The summed E-state index contributed by atoms with van der Waals surface area (Å²) in [7, 11) is 0. The van der Waals surface area contributed by atoms with Gasteiger partial charge in [-0.05, 0) is 19.8 Å². The van der Waals surface area contributed by atoms with Gasteiger partial charge in [0, 0.05) is 11.1 Å². The van der Waals surface area contributed by atoms with Crippen molar-refractivity contribution >= 4 is 11.9 Å². The SMILES string of the molecule is C=C(C)C(=O)O.C=C(CC)C(=O)OCCCC. The number of ether oxygens (including phenoxy) is 1. The Morgan fingerprint density at radius 2 is 1.71 bits per heavy atom. The van der Waals surface area contributed by atoms with E-state index in [9.17, 15) is 9.59 Å². The smallest absolute Gasteiger partial charge is 0.333 e. The van der Waals surface area contributed by atoms with Gasteiger partial charge in [-0.15, -0.1) is 0 Å². The second-order valence-electron chi connectivity index (χ2n) is 3.53. The van der Waals surface area contributed by atoms with E-state index in [1.807, 2.05) is 6.92 Å². The Labute approximate surface area is 103 Å². The Kier molecular flexibility index (Phi) is 11.4. The number of aliphatic carboxylic acids is 1. The van der Waals surface area contributed by atoms with Crippen LogP contribution in [0.2, 0.25) is 0 Å². The molecule has 0 amide bonds. The number of carboxylic acid groups (broad SMARTS) is 1. The van der Waals surface area contributed by atoms with Crippen molar-refractivity contribution in [2.24, 2.45) is 0 Å². The minimum Gasteiger partial charge on any atom is -0.478 e. The highest BCUT2D eigenvalue weighted by molar-refractivity contribution is 5.87. The van der Waals surface area contributed by atoms with E-state index in [1.54, 1.807) is 0 Å². The Morgan fingerprint density at radius 1 is 1.24 bits per heavy atom. The number of carboxylic acids is 1. The summed E-state index contributed by atoms with van der Waals surface area (Å²) >= 11 is 0. The van der Waals surface area contributed by atoms with Crippen molar-refractivity contribution in [1.82, 2.24) is 0 Å². The van der Waals surface area contributed by atoms with E-state index in [0.717, 1.165) is 12.8 Å². The van der Waals surface area contributed by atoms with Crippen LogP contribution in [0.1, 0.15) is 40.0 Å². The first-order chi connectivity index (χ1) is 7.86. The molecule has 0 heterocycles. The zero-order valence-corrected chi connectivity index (χ0v) is 10.9. The summed E-state index contributed by atoms with van der Waals surface area (Å²) in [6, 6.07) is 0. The molecule has 0 rings (SSSR count). The average molecular weight is 242 g/mol. The summed E-state index contributed by atoms with van der Waals surface area (Å²) in [5, 5.41) is 7.89. The van der Waals surface area contributed by atoms with E-state index in [-0.39, 0.29) is 11.5 Å². The zero-order chi connectivity index (χ0) is 13.8. The normalized spacial score (nSPS) is 8.65. The number of carbonyl (C=O) groups excluding carboxylic acids is 1. The van der Waals surface area contributed by atoms with Crippen LogP contribution >= 0.6 is 0 Å². The largest absolute Gasteiger partial charge is 0.478 e. The summed E-state index contributed by atoms with van der Waals surface area (Å²) in [5.41, 5.74) is 0.733. The van der Waals surface area contributed by atoms with E-state index in [2.05, 4.69) is 20.1 Å². The van der Waals surface area contributed by atoms with Gasteiger partial charge >= 0.3 is 11.9 Å². The van der Waals surface area contributed by atoms with E-state index in [4.69, 9.17) is 9.84 Å². The lowest BCUT2D eigenvalue weighted by Gasteiger charge is -2.03. The van der Waals surface area contributed by atoms with Gasteiger partial charge in [-0.25, -0.2) is 9.59 Å². The van der Waals surface area contributed by atoms with Gasteiger partial charge < -0.3 is 9.84 Å². The maximum absolute atomic E-state index is 10.9. The summed E-state index contributed by atoms with van der Waals surface area (Å²) in [4.78, 5) is 20.5. The van der Waals surface area contributed by atoms with Crippen LogP contribution in [0.4, 0.5) is 0 Å². The minimum atomic E-state index is -0.935. The molecule has 0 spiro atoms. The van der Waals surface area contributed by atoms with Crippen molar-refractivity contribution < 1.29 is 19.4 Å². The lowest BCUT2D eigenvalue weighted by atomic mass is 10.2. The van der Waals surface area contributed by atoms with Crippen molar-refractivity contribution in [1.29, 1.82) is 0 Å². The minimum absolute atomic E-state index is 0.176. The van der Waals surface area contributed by atoms with Crippen LogP contribution in [0.15, 0.2) is 24.3 Å². The van der Waals surface area contributed by atoms with Crippen molar-refractivity contribution in [3.63, 3.8) is 0 Å². The standard InChI is InChI=1S/C9H16O2.C4H6O2/c1-4-6-7-11-9(10)8(3)5-2;1-3(2)4(5)6/h3-7H2,1-2H3;1H2,2H3,(H,5,6). The molecule has 0 aliphatic heterocycles. The molecule has 0 saturated heterocycles. The van der Waals surface area contributed by atoms with Gasteiger partial charge in [-0.2, -0.15) is 0 Å². The lowest BCUT2D eigenvalue weighted by Crippen LogP contribution is -2.07. The molecular formula is C13H22O4. The second-order valence-corrected chi connectivity index (χ2v) is 3.53. The van der Waals surface area contributed by atoms with Gasteiger partial charge in [0.2, 0.25) is 0 Å². The predicted octanol–water partition coefficient (Wildman–Crippen LogP) is 2.94. The van der Waals surface area contributed by atoms with Crippen LogP contribution in [0, 0.1) is 0 Å². The molecular weight excluding hydrogens is 220 g/mol. The van der Waals surface area contributed by atoms with Crippen LogP contribution in [0.3, 0.4) is 0 Å². The molecule has 0 bridgehead atoms. The molecule has 0 radical (unpaired) electrons. The Morgan fingerprint density at radius 3 is 2.00 bits per heavy atom. The third-order valence-corrected chi connectivity index (χ3v) is 1.81. The molecule has 1 N–H and O–H groups in total. The fraction of sp³-hybridized carbons (Fsp3) is 0.538. The van der Waals surface area contributed by atoms with Crippen LogP contribution in [-0.4, -0.2) is 23.7 Å². The Bertz CT molecular complexity index is 267. The Hall–Kier alpha value is -1.58.